The van der Waals surface area contributed by atoms with Crippen molar-refractivity contribution in [3.05, 3.63) is 41.1 Å². The van der Waals surface area contributed by atoms with Crippen molar-refractivity contribution < 1.29 is 19.1 Å². The number of hydrogen-bond donors (Lipinski definition) is 2. The predicted molar refractivity (Wildman–Crippen MR) is 77.6 cm³/mol. The molecular weight excluding hydrogens is 287 g/mol. The highest BCUT2D eigenvalue weighted by atomic mass is 19.1. The van der Waals surface area contributed by atoms with E-state index in [-0.39, 0.29) is 25.0 Å². The first kappa shape index (κ1) is 14.6. The Morgan fingerprint density at radius 2 is 2.14 bits per heavy atom. The van der Waals surface area contributed by atoms with Crippen LogP contribution in [-0.2, 0) is 21.9 Å². The summed E-state index contributed by atoms with van der Waals surface area (Å²) in [6, 6.07) is 6.76. The Hall–Kier alpha value is -2.34. The van der Waals surface area contributed by atoms with Gasteiger partial charge in [0, 0.05) is 29.5 Å². The lowest BCUT2D eigenvalue weighted by Crippen LogP contribution is -2.49. The quantitative estimate of drug-likeness (QED) is 0.827. The molecule has 1 atom stereocenters. The SMILES string of the molecule is Cc1nc2cc(CO)ccc2cc1C1(F)CCC(=O)NC1=O. The summed E-state index contributed by atoms with van der Waals surface area (Å²) in [5.74, 6) is -1.39. The van der Waals surface area contributed by atoms with Crippen LogP contribution in [0.2, 0.25) is 0 Å². The number of nitrogens with one attached hydrogen (secondary N) is 1. The zero-order chi connectivity index (χ0) is 15.9. The van der Waals surface area contributed by atoms with Gasteiger partial charge in [-0.1, -0.05) is 12.1 Å². The van der Waals surface area contributed by atoms with E-state index in [1.54, 1.807) is 31.2 Å². The number of aliphatic hydroxyl groups is 1. The summed E-state index contributed by atoms with van der Waals surface area (Å²) >= 11 is 0. The molecule has 1 unspecified atom stereocenters. The molecule has 114 valence electrons. The fourth-order valence-electron chi connectivity index (χ4n) is 2.75. The van der Waals surface area contributed by atoms with E-state index < -0.39 is 17.5 Å². The van der Waals surface area contributed by atoms with Gasteiger partial charge in [0.15, 0.2) is 0 Å². The number of hydrogen-bond acceptors (Lipinski definition) is 4. The van der Waals surface area contributed by atoms with E-state index >= 15 is 4.39 Å². The number of imide groups is 1. The normalized spacial score (nSPS) is 22.0. The van der Waals surface area contributed by atoms with Gasteiger partial charge in [-0.3, -0.25) is 19.9 Å². The molecule has 1 saturated heterocycles. The van der Waals surface area contributed by atoms with Crippen molar-refractivity contribution in [1.82, 2.24) is 10.3 Å². The van der Waals surface area contributed by atoms with Crippen LogP contribution in [0.4, 0.5) is 4.39 Å². The van der Waals surface area contributed by atoms with Gasteiger partial charge in [-0.05, 0) is 24.6 Å². The minimum atomic E-state index is -2.24. The van der Waals surface area contributed by atoms with Crippen molar-refractivity contribution >= 4 is 22.7 Å². The number of amides is 2. The summed E-state index contributed by atoms with van der Waals surface area (Å²) in [4.78, 5) is 27.5. The second-order valence-electron chi connectivity index (χ2n) is 5.48. The molecule has 3 rings (SSSR count). The number of alkyl halides is 1. The number of pyridine rings is 1. The first-order valence-corrected chi connectivity index (χ1v) is 6.99. The molecule has 2 heterocycles. The smallest absolute Gasteiger partial charge is 0.269 e. The maximum Gasteiger partial charge on any atom is 0.269 e. The van der Waals surface area contributed by atoms with E-state index in [0.717, 1.165) is 0 Å². The van der Waals surface area contributed by atoms with Gasteiger partial charge in [0.2, 0.25) is 11.6 Å². The van der Waals surface area contributed by atoms with Gasteiger partial charge >= 0.3 is 0 Å². The number of fused-ring (bicyclic) bond motifs is 1. The van der Waals surface area contributed by atoms with Crippen LogP contribution in [0.5, 0.6) is 0 Å². The molecule has 1 aromatic carbocycles. The largest absolute Gasteiger partial charge is 0.392 e. The molecule has 0 bridgehead atoms. The zero-order valence-corrected chi connectivity index (χ0v) is 12.0. The zero-order valence-electron chi connectivity index (χ0n) is 12.0. The van der Waals surface area contributed by atoms with Gasteiger partial charge in [-0.25, -0.2) is 4.39 Å². The third kappa shape index (κ3) is 2.25. The first-order chi connectivity index (χ1) is 10.4. The molecule has 0 radical (unpaired) electrons. The molecule has 2 aromatic rings. The van der Waals surface area contributed by atoms with Crippen molar-refractivity contribution in [2.75, 3.05) is 0 Å². The van der Waals surface area contributed by atoms with E-state index in [1.165, 1.54) is 0 Å². The van der Waals surface area contributed by atoms with E-state index in [9.17, 15) is 9.59 Å². The third-order valence-corrected chi connectivity index (χ3v) is 3.99. The molecule has 0 saturated carbocycles. The average Bonchev–Trinajstić information content (AvgIpc) is 2.50. The Morgan fingerprint density at radius 3 is 2.82 bits per heavy atom. The number of halogens is 1. The van der Waals surface area contributed by atoms with Crippen molar-refractivity contribution in [2.24, 2.45) is 0 Å². The van der Waals surface area contributed by atoms with Crippen LogP contribution in [0.25, 0.3) is 10.9 Å². The molecule has 22 heavy (non-hydrogen) atoms. The molecule has 0 aliphatic carbocycles. The lowest BCUT2D eigenvalue weighted by molar-refractivity contribution is -0.144. The number of aliphatic hydroxyl groups excluding tert-OH is 1. The summed E-state index contributed by atoms with van der Waals surface area (Å²) in [5.41, 5.74) is -0.322. The van der Waals surface area contributed by atoms with Crippen LogP contribution in [0.1, 0.15) is 29.7 Å². The van der Waals surface area contributed by atoms with Gasteiger partial charge in [0.05, 0.1) is 12.1 Å². The van der Waals surface area contributed by atoms with Gasteiger partial charge in [-0.2, -0.15) is 0 Å². The summed E-state index contributed by atoms with van der Waals surface area (Å²) < 4.78 is 15.2. The van der Waals surface area contributed by atoms with Crippen LogP contribution < -0.4 is 5.32 Å². The van der Waals surface area contributed by atoms with E-state index in [4.69, 9.17) is 5.11 Å². The van der Waals surface area contributed by atoms with E-state index in [0.29, 0.717) is 22.2 Å². The molecule has 1 aliphatic rings. The number of piperidine rings is 1. The Labute approximate surface area is 126 Å². The van der Waals surface area contributed by atoms with Crippen LogP contribution in [0, 0.1) is 6.92 Å². The number of aromatic nitrogens is 1. The number of carbonyl (C=O) groups is 2. The topological polar surface area (TPSA) is 79.3 Å². The number of rotatable bonds is 2. The fraction of sp³-hybridized carbons (Fsp3) is 0.312. The van der Waals surface area contributed by atoms with Crippen molar-refractivity contribution in [1.29, 1.82) is 0 Å². The van der Waals surface area contributed by atoms with Crippen molar-refractivity contribution in [3.63, 3.8) is 0 Å². The van der Waals surface area contributed by atoms with Crippen LogP contribution in [-0.4, -0.2) is 21.9 Å². The summed E-state index contributed by atoms with van der Waals surface area (Å²) in [6.07, 6.45) is -0.219. The third-order valence-electron chi connectivity index (χ3n) is 3.99. The Bertz CT molecular complexity index is 790. The fourth-order valence-corrected chi connectivity index (χ4v) is 2.75. The van der Waals surface area contributed by atoms with Gasteiger partial charge in [0.25, 0.3) is 5.91 Å². The van der Waals surface area contributed by atoms with E-state index in [2.05, 4.69) is 4.98 Å². The highest BCUT2D eigenvalue weighted by Gasteiger charge is 2.46. The molecular formula is C16H15FN2O3. The summed E-state index contributed by atoms with van der Waals surface area (Å²) in [6.45, 7) is 1.53. The summed E-state index contributed by atoms with van der Waals surface area (Å²) in [7, 11) is 0. The molecule has 5 nitrogen and oxygen atoms in total. The van der Waals surface area contributed by atoms with Crippen molar-refractivity contribution in [3.8, 4) is 0 Å². The minimum absolute atomic E-state index is 0.0385. The van der Waals surface area contributed by atoms with Gasteiger partial charge in [-0.15, -0.1) is 0 Å². The van der Waals surface area contributed by atoms with Crippen LogP contribution >= 0.6 is 0 Å². The number of nitrogens with zero attached hydrogens (tertiary/aromatic N) is 1. The van der Waals surface area contributed by atoms with Crippen molar-refractivity contribution in [2.45, 2.75) is 32.0 Å². The Balaban J connectivity index is 2.13. The second kappa shape index (κ2) is 5.14. The number of aryl methyl sites for hydroxylation is 1. The van der Waals surface area contributed by atoms with Gasteiger partial charge < -0.3 is 5.11 Å². The van der Waals surface area contributed by atoms with Crippen LogP contribution in [0.15, 0.2) is 24.3 Å². The highest BCUT2D eigenvalue weighted by molar-refractivity contribution is 6.03. The molecule has 0 spiro atoms. The number of carbonyl (C=O) groups excluding carboxylic acids is 2. The molecule has 1 fully saturated rings. The standard InChI is InChI=1S/C16H15FN2O3/c1-9-12(16(17)5-4-14(21)19-15(16)22)7-11-3-2-10(8-20)6-13(11)18-9/h2-3,6-7,20H,4-5,8H2,1H3,(H,19,21,22). The molecule has 1 aliphatic heterocycles. The lowest BCUT2D eigenvalue weighted by Gasteiger charge is -2.29. The second-order valence-corrected chi connectivity index (χ2v) is 5.48. The molecule has 2 amide bonds. The maximum atomic E-state index is 15.2. The monoisotopic (exact) mass is 302 g/mol. The molecule has 6 heteroatoms. The average molecular weight is 302 g/mol. The Kier molecular flexibility index (Phi) is 3.41. The Morgan fingerprint density at radius 1 is 1.36 bits per heavy atom. The lowest BCUT2D eigenvalue weighted by atomic mass is 9.85. The highest BCUT2D eigenvalue weighted by Crippen LogP contribution is 2.36. The van der Waals surface area contributed by atoms with Crippen LogP contribution in [0.3, 0.4) is 0 Å². The van der Waals surface area contributed by atoms with E-state index in [1.807, 2.05) is 5.32 Å². The number of benzene rings is 1. The molecule has 2 N–H and O–H groups in total. The predicted octanol–water partition coefficient (Wildman–Crippen LogP) is 1.64. The minimum Gasteiger partial charge on any atom is -0.392 e. The molecule has 1 aromatic heterocycles. The van der Waals surface area contributed by atoms with Gasteiger partial charge in [0.1, 0.15) is 0 Å². The maximum absolute atomic E-state index is 15.2. The summed E-state index contributed by atoms with van der Waals surface area (Å²) in [5, 5.41) is 11.9. The first-order valence-electron chi connectivity index (χ1n) is 6.99.